The zero-order valence-electron chi connectivity index (χ0n) is 33.5. The Labute approximate surface area is 315 Å². The number of amides is 1. The Balaban J connectivity index is 4.05. The Hall–Kier alpha value is -2.37. The largest absolute Gasteiger partial charge is 0.480 e. The molecule has 1 unspecified atom stereocenters. The molecule has 51 heavy (non-hydrogen) atoms. The summed E-state index contributed by atoms with van der Waals surface area (Å²) in [6.45, 7) is 4.19. The maximum absolute atomic E-state index is 12.7. The first-order chi connectivity index (χ1) is 25.0. The van der Waals surface area contributed by atoms with Crippen LogP contribution >= 0.6 is 0 Å². The van der Waals surface area contributed by atoms with Crippen molar-refractivity contribution in [1.82, 2.24) is 5.32 Å². The quantitative estimate of drug-likeness (QED) is 0.0375. The number of esters is 1. The van der Waals surface area contributed by atoms with E-state index in [1.165, 1.54) is 135 Å². The Morgan fingerprint density at radius 2 is 0.961 bits per heavy atom. The van der Waals surface area contributed by atoms with Crippen molar-refractivity contribution in [3.8, 4) is 0 Å². The molecule has 0 aliphatic carbocycles. The number of hydrogen-bond acceptors (Lipinski definition) is 4. The van der Waals surface area contributed by atoms with E-state index in [1.54, 1.807) is 0 Å². The molecule has 0 aliphatic rings. The predicted octanol–water partition coefficient (Wildman–Crippen LogP) is 13.3. The first-order valence-corrected chi connectivity index (χ1v) is 21.6. The maximum Gasteiger partial charge on any atom is 0.322 e. The van der Waals surface area contributed by atoms with Gasteiger partial charge in [0.1, 0.15) is 12.6 Å². The molecular formula is C45H81NO5. The van der Waals surface area contributed by atoms with Crippen LogP contribution in [0.25, 0.3) is 0 Å². The minimum atomic E-state index is -1.03. The van der Waals surface area contributed by atoms with Gasteiger partial charge in [-0.2, -0.15) is 0 Å². The number of allylic oxidation sites excluding steroid dienone is 5. The molecule has 0 heterocycles. The third-order valence-corrected chi connectivity index (χ3v) is 9.52. The van der Waals surface area contributed by atoms with Gasteiger partial charge in [0.15, 0.2) is 0 Å². The number of rotatable bonds is 39. The number of unbranched alkanes of at least 4 members (excludes halogenated alkanes) is 24. The summed E-state index contributed by atoms with van der Waals surface area (Å²) in [4.78, 5) is 35.0. The van der Waals surface area contributed by atoms with E-state index in [2.05, 4.69) is 55.6 Å². The van der Waals surface area contributed by atoms with Gasteiger partial charge in [-0.1, -0.05) is 166 Å². The van der Waals surface area contributed by atoms with Crippen molar-refractivity contribution >= 4 is 17.8 Å². The van der Waals surface area contributed by atoms with Crippen molar-refractivity contribution in [3.05, 3.63) is 36.5 Å². The number of carbonyl (C=O) groups excluding carboxylic acids is 2. The van der Waals surface area contributed by atoms with Gasteiger partial charge in [0.2, 0.25) is 5.91 Å². The molecule has 0 saturated carbocycles. The Bertz CT molecular complexity index is 880. The van der Waals surface area contributed by atoms with Crippen LogP contribution in [0.4, 0.5) is 0 Å². The molecule has 0 aliphatic heterocycles. The molecule has 0 saturated heterocycles. The van der Waals surface area contributed by atoms with E-state index in [4.69, 9.17) is 9.84 Å². The zero-order chi connectivity index (χ0) is 37.3. The van der Waals surface area contributed by atoms with Crippen molar-refractivity contribution in [1.29, 1.82) is 0 Å². The summed E-state index contributed by atoms with van der Waals surface area (Å²) in [7, 11) is 0. The second-order valence-electron chi connectivity index (χ2n) is 14.6. The van der Waals surface area contributed by atoms with Gasteiger partial charge in [-0.15, -0.1) is 0 Å². The number of carboxylic acids is 1. The standard InChI is InChI=1S/C45H81NO5/c1-3-5-7-9-11-13-14-15-16-17-18-19-20-21-22-23-24-26-28-30-36-40-45(50)51-42(37-33-29-27-25-12-10-8-6-4-2)38-34-31-32-35-39-43(47)46-41-44(48)49/h14-15,17-18,33,37,42H,3-13,16,19-32,34-36,38-41H2,1-2H3,(H,46,47)(H,48,49)/b15-14-,18-17-,37-33-. The number of nitrogens with one attached hydrogen (secondary N) is 1. The lowest BCUT2D eigenvalue weighted by Crippen LogP contribution is -2.28. The minimum Gasteiger partial charge on any atom is -0.480 e. The van der Waals surface area contributed by atoms with Gasteiger partial charge in [0, 0.05) is 12.8 Å². The summed E-state index contributed by atoms with van der Waals surface area (Å²) in [5.74, 6) is -1.32. The Morgan fingerprint density at radius 1 is 0.529 bits per heavy atom. The number of carboxylic acid groups (broad SMARTS) is 1. The second kappa shape index (κ2) is 40.4. The molecule has 296 valence electrons. The Morgan fingerprint density at radius 3 is 1.47 bits per heavy atom. The second-order valence-corrected chi connectivity index (χ2v) is 14.6. The summed E-state index contributed by atoms with van der Waals surface area (Å²) in [6, 6.07) is 0. The van der Waals surface area contributed by atoms with Crippen molar-refractivity contribution in [3.63, 3.8) is 0 Å². The van der Waals surface area contributed by atoms with E-state index >= 15 is 0 Å². The first-order valence-electron chi connectivity index (χ1n) is 21.6. The smallest absolute Gasteiger partial charge is 0.322 e. The van der Waals surface area contributed by atoms with Crippen molar-refractivity contribution in [2.75, 3.05) is 6.54 Å². The summed E-state index contributed by atoms with van der Waals surface area (Å²) in [5, 5.41) is 11.1. The molecular weight excluding hydrogens is 634 g/mol. The van der Waals surface area contributed by atoms with Crippen LogP contribution in [0.1, 0.15) is 219 Å². The molecule has 0 radical (unpaired) electrons. The summed E-state index contributed by atoms with van der Waals surface area (Å²) >= 11 is 0. The van der Waals surface area contributed by atoms with Gasteiger partial charge in [-0.3, -0.25) is 14.4 Å². The fourth-order valence-corrected chi connectivity index (χ4v) is 6.28. The van der Waals surface area contributed by atoms with Crippen LogP contribution in [0.5, 0.6) is 0 Å². The molecule has 6 heteroatoms. The van der Waals surface area contributed by atoms with Crippen LogP contribution in [-0.4, -0.2) is 35.6 Å². The van der Waals surface area contributed by atoms with E-state index in [9.17, 15) is 14.4 Å². The zero-order valence-corrected chi connectivity index (χ0v) is 33.5. The molecule has 0 aromatic carbocycles. The van der Waals surface area contributed by atoms with E-state index < -0.39 is 5.97 Å². The van der Waals surface area contributed by atoms with Gasteiger partial charge in [-0.25, -0.2) is 0 Å². The molecule has 1 atom stereocenters. The number of ether oxygens (including phenoxy) is 1. The van der Waals surface area contributed by atoms with Crippen LogP contribution < -0.4 is 5.32 Å². The third-order valence-electron chi connectivity index (χ3n) is 9.52. The molecule has 0 fully saturated rings. The maximum atomic E-state index is 12.7. The number of carbonyl (C=O) groups is 3. The van der Waals surface area contributed by atoms with Crippen molar-refractivity contribution in [2.45, 2.75) is 225 Å². The molecule has 1 amide bonds. The fourth-order valence-electron chi connectivity index (χ4n) is 6.28. The highest BCUT2D eigenvalue weighted by molar-refractivity contribution is 5.80. The van der Waals surface area contributed by atoms with E-state index in [0.29, 0.717) is 12.8 Å². The van der Waals surface area contributed by atoms with Gasteiger partial charge >= 0.3 is 11.9 Å². The van der Waals surface area contributed by atoms with E-state index in [-0.39, 0.29) is 24.5 Å². The molecule has 2 N–H and O–H groups in total. The molecule has 0 aromatic rings. The van der Waals surface area contributed by atoms with E-state index in [0.717, 1.165) is 57.8 Å². The van der Waals surface area contributed by atoms with Crippen LogP contribution in [0.15, 0.2) is 36.5 Å². The predicted molar refractivity (Wildman–Crippen MR) is 217 cm³/mol. The molecule has 0 spiro atoms. The van der Waals surface area contributed by atoms with Crippen LogP contribution in [0.3, 0.4) is 0 Å². The highest BCUT2D eigenvalue weighted by Gasteiger charge is 2.12. The van der Waals surface area contributed by atoms with Gasteiger partial charge in [0.25, 0.3) is 0 Å². The van der Waals surface area contributed by atoms with Crippen LogP contribution in [0, 0.1) is 0 Å². The van der Waals surface area contributed by atoms with Crippen LogP contribution in [-0.2, 0) is 19.1 Å². The highest BCUT2D eigenvalue weighted by atomic mass is 16.5. The van der Waals surface area contributed by atoms with E-state index in [1.807, 2.05) is 0 Å². The topological polar surface area (TPSA) is 92.7 Å². The van der Waals surface area contributed by atoms with Gasteiger partial charge in [0.05, 0.1) is 0 Å². The molecule has 0 rings (SSSR count). The monoisotopic (exact) mass is 716 g/mol. The van der Waals surface area contributed by atoms with Crippen molar-refractivity contribution in [2.24, 2.45) is 0 Å². The van der Waals surface area contributed by atoms with Crippen LogP contribution in [0.2, 0.25) is 0 Å². The average Bonchev–Trinajstić information content (AvgIpc) is 3.11. The lowest BCUT2D eigenvalue weighted by Gasteiger charge is -2.15. The normalized spacial score (nSPS) is 12.4. The molecule has 0 bridgehead atoms. The van der Waals surface area contributed by atoms with Crippen molar-refractivity contribution < 1.29 is 24.2 Å². The SMILES string of the molecule is CCCCCCC/C=C\C/C=C\CCCCCCCCCCCC(=O)OC(/C=C\CCCCCCCCC)CCCCCCC(=O)NCC(=O)O. The van der Waals surface area contributed by atoms with Gasteiger partial charge < -0.3 is 15.2 Å². The lowest BCUT2D eigenvalue weighted by atomic mass is 10.0. The first kappa shape index (κ1) is 48.6. The molecule has 6 nitrogen and oxygen atoms in total. The number of hydrogen-bond donors (Lipinski definition) is 2. The number of aliphatic carboxylic acids is 1. The van der Waals surface area contributed by atoms with Gasteiger partial charge in [-0.05, 0) is 76.7 Å². The fraction of sp³-hybridized carbons (Fsp3) is 0.800. The average molecular weight is 716 g/mol. The highest BCUT2D eigenvalue weighted by Crippen LogP contribution is 2.16. The minimum absolute atomic E-state index is 0.0847. The Kier molecular flexibility index (Phi) is 38.5. The summed E-state index contributed by atoms with van der Waals surface area (Å²) in [5.41, 5.74) is 0. The summed E-state index contributed by atoms with van der Waals surface area (Å²) < 4.78 is 5.91. The third kappa shape index (κ3) is 40.3. The summed E-state index contributed by atoms with van der Waals surface area (Å²) in [6.07, 6.45) is 50.0. The molecule has 0 aromatic heterocycles. The lowest BCUT2D eigenvalue weighted by molar-refractivity contribution is -0.147.